The number of aliphatic hydroxyl groups is 2. The second-order valence-corrected chi connectivity index (χ2v) is 11.0. The van der Waals surface area contributed by atoms with E-state index in [0.717, 1.165) is 22.3 Å². The van der Waals surface area contributed by atoms with E-state index < -0.39 is 23.8 Å². The highest BCUT2D eigenvalue weighted by Gasteiger charge is 2.68. The zero-order chi connectivity index (χ0) is 27.7. The molecular formula is C34H34N2O4. The van der Waals surface area contributed by atoms with E-state index in [4.69, 9.17) is 0 Å². The number of carbonyl (C=O) groups excluding carboxylic acids is 1. The predicted molar refractivity (Wildman–Crippen MR) is 154 cm³/mol. The lowest BCUT2D eigenvalue weighted by Gasteiger charge is -2.36. The summed E-state index contributed by atoms with van der Waals surface area (Å²) >= 11 is 0. The number of nitrogens with zero attached hydrogens (tertiary/aromatic N) is 2. The lowest BCUT2D eigenvalue weighted by Crippen LogP contribution is -2.52. The molecule has 5 atom stereocenters. The van der Waals surface area contributed by atoms with E-state index in [-0.39, 0.29) is 17.7 Å². The van der Waals surface area contributed by atoms with Gasteiger partial charge in [0.25, 0.3) is 0 Å². The molecular weight excluding hydrogens is 500 g/mol. The molecule has 2 aliphatic rings. The molecule has 4 aromatic rings. The van der Waals surface area contributed by atoms with Crippen molar-refractivity contribution >= 4 is 6.03 Å². The summed E-state index contributed by atoms with van der Waals surface area (Å²) in [5.41, 5.74) is 2.88. The molecule has 1 saturated carbocycles. The Morgan fingerprint density at radius 1 is 0.700 bits per heavy atom. The number of urea groups is 1. The third-order valence-electron chi connectivity index (χ3n) is 8.55. The van der Waals surface area contributed by atoms with Crippen LogP contribution in [-0.2, 0) is 19.5 Å². The summed E-state index contributed by atoms with van der Waals surface area (Å²) in [6.45, 7) is 0.619. The van der Waals surface area contributed by atoms with E-state index in [1.807, 2.05) is 95.9 Å². The Morgan fingerprint density at radius 3 is 1.85 bits per heavy atom. The molecule has 1 heterocycles. The normalized spacial score (nSPS) is 26.1. The number of aromatic hydroxyl groups is 1. The second-order valence-electron chi connectivity index (χ2n) is 11.0. The first-order chi connectivity index (χ1) is 19.5. The molecule has 0 radical (unpaired) electrons. The molecule has 3 N–H and O–H groups in total. The first kappa shape index (κ1) is 26.1. The van der Waals surface area contributed by atoms with Crippen molar-refractivity contribution in [2.45, 2.75) is 55.6 Å². The molecule has 1 spiro atoms. The zero-order valence-electron chi connectivity index (χ0n) is 22.3. The van der Waals surface area contributed by atoms with Gasteiger partial charge in [-0.2, -0.15) is 0 Å². The number of phenolic OH excluding ortho intramolecular Hbond substituents is 1. The monoisotopic (exact) mass is 534 g/mol. The minimum Gasteiger partial charge on any atom is -0.508 e. The van der Waals surface area contributed by atoms with Crippen LogP contribution in [0.15, 0.2) is 115 Å². The lowest BCUT2D eigenvalue weighted by atomic mass is 9.90. The highest BCUT2D eigenvalue weighted by Crippen LogP contribution is 2.60. The molecule has 2 amide bonds. The molecule has 0 bridgehead atoms. The van der Waals surface area contributed by atoms with E-state index in [9.17, 15) is 20.1 Å². The van der Waals surface area contributed by atoms with Crippen molar-refractivity contribution in [3.05, 3.63) is 138 Å². The summed E-state index contributed by atoms with van der Waals surface area (Å²) in [7, 11) is 0. The van der Waals surface area contributed by atoms with Crippen LogP contribution >= 0.6 is 0 Å². The third kappa shape index (κ3) is 4.85. The number of amides is 2. The Labute approximate surface area is 234 Å². The SMILES string of the molecule is O=C1N(Cc2ccccc2)[C@H](Cc2ccc(O)cc2)[C@H](O)[C@@H](O)C2(CC2c2ccccc2)N1Cc1ccccc1. The summed E-state index contributed by atoms with van der Waals surface area (Å²) in [4.78, 5) is 18.3. The van der Waals surface area contributed by atoms with Crippen molar-refractivity contribution in [3.63, 3.8) is 0 Å². The van der Waals surface area contributed by atoms with Crippen LogP contribution in [0.3, 0.4) is 0 Å². The van der Waals surface area contributed by atoms with Gasteiger partial charge in [0, 0.05) is 19.0 Å². The molecule has 0 aromatic heterocycles. The average Bonchev–Trinajstić information content (AvgIpc) is 3.76. The molecule has 1 aliphatic heterocycles. The van der Waals surface area contributed by atoms with E-state index in [1.165, 1.54) is 0 Å². The molecule has 1 saturated heterocycles. The van der Waals surface area contributed by atoms with Crippen molar-refractivity contribution < 1.29 is 20.1 Å². The molecule has 4 aromatic carbocycles. The van der Waals surface area contributed by atoms with Crippen LogP contribution in [0.25, 0.3) is 0 Å². The fourth-order valence-electron chi connectivity index (χ4n) is 6.36. The number of carbonyl (C=O) groups is 1. The minimum absolute atomic E-state index is 0.1000. The maximum atomic E-state index is 14.7. The topological polar surface area (TPSA) is 84.2 Å². The van der Waals surface area contributed by atoms with Crippen LogP contribution in [0.5, 0.6) is 5.75 Å². The predicted octanol–water partition coefficient (Wildman–Crippen LogP) is 5.09. The number of hydrogen-bond acceptors (Lipinski definition) is 4. The van der Waals surface area contributed by atoms with Crippen LogP contribution in [0.4, 0.5) is 4.79 Å². The summed E-state index contributed by atoms with van der Waals surface area (Å²) in [5.74, 6) is 0.0519. The number of hydrogen-bond donors (Lipinski definition) is 3. The van der Waals surface area contributed by atoms with Gasteiger partial charge in [0.2, 0.25) is 0 Å². The van der Waals surface area contributed by atoms with Crippen molar-refractivity contribution in [1.29, 1.82) is 0 Å². The summed E-state index contributed by atoms with van der Waals surface area (Å²) < 4.78 is 0. The summed E-state index contributed by atoms with van der Waals surface area (Å²) in [6, 6.07) is 35.5. The number of rotatable bonds is 7. The Kier molecular flexibility index (Phi) is 7.05. The molecule has 6 rings (SSSR count). The number of aliphatic hydroxyl groups excluding tert-OH is 2. The van der Waals surface area contributed by atoms with Gasteiger partial charge in [0.1, 0.15) is 18.0 Å². The van der Waals surface area contributed by atoms with Gasteiger partial charge in [-0.1, -0.05) is 103 Å². The Balaban J connectivity index is 1.45. The molecule has 1 aliphatic carbocycles. The van der Waals surface area contributed by atoms with Crippen LogP contribution in [0, 0.1) is 0 Å². The third-order valence-corrected chi connectivity index (χ3v) is 8.55. The van der Waals surface area contributed by atoms with Gasteiger partial charge in [-0.05, 0) is 47.2 Å². The van der Waals surface area contributed by atoms with Crippen molar-refractivity contribution in [3.8, 4) is 5.75 Å². The highest BCUT2D eigenvalue weighted by molar-refractivity contribution is 5.78. The number of benzene rings is 4. The van der Waals surface area contributed by atoms with E-state index in [2.05, 4.69) is 0 Å². The van der Waals surface area contributed by atoms with Gasteiger partial charge in [0.15, 0.2) is 0 Å². The lowest BCUT2D eigenvalue weighted by molar-refractivity contribution is -0.0502. The standard InChI is InChI=1S/C34H34N2O4/c37-28-18-16-24(17-19-28)20-30-31(38)32(39)34(21-29(34)27-14-8-3-9-15-27)36(23-26-12-6-2-7-13-26)33(40)35(30)22-25-10-4-1-5-11-25/h1-19,29-32,37-39H,20-23H2/t29?,30-,31+,32-,34?/m1/s1. The minimum atomic E-state index is -1.18. The van der Waals surface area contributed by atoms with Crippen molar-refractivity contribution in [2.75, 3.05) is 0 Å². The van der Waals surface area contributed by atoms with Crippen molar-refractivity contribution in [1.82, 2.24) is 9.80 Å². The Morgan fingerprint density at radius 2 is 1.25 bits per heavy atom. The van der Waals surface area contributed by atoms with Gasteiger partial charge in [0.05, 0.1) is 11.6 Å². The van der Waals surface area contributed by atoms with Gasteiger partial charge in [-0.3, -0.25) is 0 Å². The average molecular weight is 535 g/mol. The Hall–Kier alpha value is -4.13. The van der Waals surface area contributed by atoms with Crippen LogP contribution in [-0.4, -0.2) is 54.9 Å². The van der Waals surface area contributed by atoms with Gasteiger partial charge >= 0.3 is 6.03 Å². The molecule has 6 heteroatoms. The van der Waals surface area contributed by atoms with E-state index in [0.29, 0.717) is 25.9 Å². The van der Waals surface area contributed by atoms with E-state index >= 15 is 0 Å². The highest BCUT2D eigenvalue weighted by atomic mass is 16.3. The largest absolute Gasteiger partial charge is 0.508 e. The fourth-order valence-corrected chi connectivity index (χ4v) is 6.36. The van der Waals surface area contributed by atoms with Gasteiger partial charge in [-0.15, -0.1) is 0 Å². The summed E-state index contributed by atoms with van der Waals surface area (Å²) in [5, 5.41) is 33.7. The number of phenols is 1. The van der Waals surface area contributed by atoms with Crippen LogP contribution < -0.4 is 0 Å². The molecule has 2 fully saturated rings. The van der Waals surface area contributed by atoms with Gasteiger partial charge in [-0.25, -0.2) is 4.79 Å². The maximum absolute atomic E-state index is 14.7. The zero-order valence-corrected chi connectivity index (χ0v) is 22.3. The molecule has 2 unspecified atom stereocenters. The first-order valence-electron chi connectivity index (χ1n) is 13.8. The summed E-state index contributed by atoms with van der Waals surface area (Å²) in [6.07, 6.45) is -1.44. The maximum Gasteiger partial charge on any atom is 0.321 e. The molecule has 6 nitrogen and oxygen atoms in total. The smallest absolute Gasteiger partial charge is 0.321 e. The van der Waals surface area contributed by atoms with Crippen LogP contribution in [0.2, 0.25) is 0 Å². The van der Waals surface area contributed by atoms with E-state index in [1.54, 1.807) is 29.2 Å². The quantitative estimate of drug-likeness (QED) is 0.308. The first-order valence-corrected chi connectivity index (χ1v) is 13.8. The van der Waals surface area contributed by atoms with Gasteiger partial charge < -0.3 is 25.1 Å². The second kappa shape index (κ2) is 10.8. The Bertz CT molecular complexity index is 1430. The molecule has 40 heavy (non-hydrogen) atoms. The van der Waals surface area contributed by atoms with Crippen molar-refractivity contribution in [2.24, 2.45) is 0 Å². The fraction of sp³-hybridized carbons (Fsp3) is 0.265. The molecule has 204 valence electrons. The van der Waals surface area contributed by atoms with Crippen LogP contribution in [0.1, 0.15) is 34.6 Å².